The fourth-order valence-electron chi connectivity index (χ4n) is 2.12. The number of anilines is 1. The van der Waals surface area contributed by atoms with E-state index in [0.717, 1.165) is 11.3 Å². The topological polar surface area (TPSA) is 73.8 Å². The molecule has 0 spiro atoms. The van der Waals surface area contributed by atoms with Crippen LogP contribution in [0.25, 0.3) is 11.3 Å². The van der Waals surface area contributed by atoms with E-state index in [1.54, 1.807) is 31.3 Å². The summed E-state index contributed by atoms with van der Waals surface area (Å²) in [5, 5.41) is 4.10. The van der Waals surface area contributed by atoms with Gasteiger partial charge in [-0.05, 0) is 31.2 Å². The molecule has 2 aromatic heterocycles. The largest absolute Gasteiger partial charge is 0.383 e. The summed E-state index contributed by atoms with van der Waals surface area (Å²) in [6.07, 6.45) is 1.74. The molecule has 0 saturated heterocycles. The van der Waals surface area contributed by atoms with Gasteiger partial charge in [-0.25, -0.2) is 0 Å². The van der Waals surface area contributed by atoms with E-state index < -0.39 is 0 Å². The van der Waals surface area contributed by atoms with Crippen molar-refractivity contribution < 1.29 is 4.79 Å². The highest BCUT2D eigenvalue weighted by Crippen LogP contribution is 2.18. The van der Waals surface area contributed by atoms with Crippen molar-refractivity contribution >= 4 is 11.7 Å². The first-order chi connectivity index (χ1) is 10.1. The summed E-state index contributed by atoms with van der Waals surface area (Å²) in [5.41, 5.74) is 8.84. The van der Waals surface area contributed by atoms with Crippen molar-refractivity contribution in [2.75, 3.05) is 5.73 Å². The maximum absolute atomic E-state index is 12.3. The second kappa shape index (κ2) is 5.20. The maximum Gasteiger partial charge on any atom is 0.280 e. The average molecular weight is 278 g/mol. The molecule has 0 amide bonds. The highest BCUT2D eigenvalue weighted by molar-refractivity contribution is 5.97. The van der Waals surface area contributed by atoms with Crippen LogP contribution in [0.15, 0.2) is 54.7 Å². The van der Waals surface area contributed by atoms with E-state index in [-0.39, 0.29) is 5.91 Å². The van der Waals surface area contributed by atoms with Crippen molar-refractivity contribution in [3.05, 3.63) is 66.0 Å². The number of aryl methyl sites for hydroxylation is 1. The zero-order chi connectivity index (χ0) is 14.8. The van der Waals surface area contributed by atoms with E-state index in [9.17, 15) is 4.79 Å². The van der Waals surface area contributed by atoms with Crippen LogP contribution in [0, 0.1) is 6.92 Å². The summed E-state index contributed by atoms with van der Waals surface area (Å²) in [7, 11) is 0. The molecule has 0 radical (unpaired) electrons. The molecule has 0 aliphatic rings. The second-order valence-electron chi connectivity index (χ2n) is 4.72. The summed E-state index contributed by atoms with van der Waals surface area (Å²) >= 11 is 0. The minimum Gasteiger partial charge on any atom is -0.383 e. The lowest BCUT2D eigenvalue weighted by Gasteiger charge is -2.04. The first-order valence-electron chi connectivity index (χ1n) is 6.53. The van der Waals surface area contributed by atoms with Crippen LogP contribution in [0.1, 0.15) is 16.1 Å². The van der Waals surface area contributed by atoms with Crippen LogP contribution in [-0.2, 0) is 0 Å². The minimum atomic E-state index is -0.242. The Morgan fingerprint density at radius 1 is 1.14 bits per heavy atom. The number of hydrogen-bond donors (Lipinski definition) is 1. The lowest BCUT2D eigenvalue weighted by Crippen LogP contribution is -2.16. The number of hydrogen-bond acceptors (Lipinski definition) is 4. The molecule has 104 valence electrons. The van der Waals surface area contributed by atoms with Crippen molar-refractivity contribution in [1.29, 1.82) is 0 Å². The van der Waals surface area contributed by atoms with Crippen LogP contribution in [-0.4, -0.2) is 20.7 Å². The molecule has 0 unspecified atom stereocenters. The number of nitrogens with two attached hydrogens (primary N) is 1. The Morgan fingerprint density at radius 3 is 2.48 bits per heavy atom. The molecule has 5 heteroatoms. The molecule has 2 heterocycles. The Bertz CT molecular complexity index is 776. The highest BCUT2D eigenvalue weighted by atomic mass is 16.2. The molecule has 3 aromatic rings. The van der Waals surface area contributed by atoms with Crippen LogP contribution in [0.5, 0.6) is 0 Å². The standard InChI is InChI=1S/C16H14N4O/c1-11-10-15(17)20(19-11)16(21)13-7-5-12(6-8-13)14-4-2-3-9-18-14/h2-10H,17H2,1H3. The molecule has 0 fully saturated rings. The van der Waals surface area contributed by atoms with Crippen molar-refractivity contribution in [3.8, 4) is 11.3 Å². The number of nitrogens with zero attached hydrogens (tertiary/aromatic N) is 3. The Balaban J connectivity index is 1.91. The first kappa shape index (κ1) is 13.1. The molecule has 3 rings (SSSR count). The molecule has 21 heavy (non-hydrogen) atoms. The molecule has 2 N–H and O–H groups in total. The monoisotopic (exact) mass is 278 g/mol. The van der Waals surface area contributed by atoms with Gasteiger partial charge in [0.2, 0.25) is 0 Å². The van der Waals surface area contributed by atoms with Gasteiger partial charge < -0.3 is 5.73 Å². The lowest BCUT2D eigenvalue weighted by atomic mass is 10.1. The van der Waals surface area contributed by atoms with Crippen molar-refractivity contribution in [2.45, 2.75) is 6.92 Å². The minimum absolute atomic E-state index is 0.242. The molecule has 0 atom stereocenters. The number of pyridine rings is 1. The number of rotatable bonds is 2. The van der Waals surface area contributed by atoms with Crippen LogP contribution < -0.4 is 5.73 Å². The molecular formula is C16H14N4O. The van der Waals surface area contributed by atoms with E-state index in [0.29, 0.717) is 17.1 Å². The summed E-state index contributed by atoms with van der Waals surface area (Å²) < 4.78 is 1.21. The number of carbonyl (C=O) groups excluding carboxylic acids is 1. The van der Waals surface area contributed by atoms with Crippen LogP contribution >= 0.6 is 0 Å². The smallest absolute Gasteiger partial charge is 0.280 e. The van der Waals surface area contributed by atoms with Crippen LogP contribution in [0.4, 0.5) is 5.82 Å². The Kier molecular flexibility index (Phi) is 3.23. The van der Waals surface area contributed by atoms with Crippen molar-refractivity contribution in [1.82, 2.24) is 14.8 Å². The second-order valence-corrected chi connectivity index (χ2v) is 4.72. The third-order valence-electron chi connectivity index (χ3n) is 3.14. The van der Waals surface area contributed by atoms with Gasteiger partial charge in [0.25, 0.3) is 5.91 Å². The van der Waals surface area contributed by atoms with Crippen LogP contribution in [0.2, 0.25) is 0 Å². The molecule has 0 aliphatic heterocycles. The fourth-order valence-corrected chi connectivity index (χ4v) is 2.12. The average Bonchev–Trinajstić information content (AvgIpc) is 2.86. The van der Waals surface area contributed by atoms with E-state index in [4.69, 9.17) is 5.73 Å². The predicted molar refractivity (Wildman–Crippen MR) is 80.8 cm³/mol. The predicted octanol–water partition coefficient (Wildman–Crippen LogP) is 2.52. The Morgan fingerprint density at radius 2 is 1.90 bits per heavy atom. The van der Waals surface area contributed by atoms with E-state index in [2.05, 4.69) is 10.1 Å². The molecular weight excluding hydrogens is 264 g/mol. The SMILES string of the molecule is Cc1cc(N)n(C(=O)c2ccc(-c3ccccn3)cc2)n1. The van der Waals surface area contributed by atoms with E-state index in [1.165, 1.54) is 4.68 Å². The Labute approximate surface area is 122 Å². The number of benzene rings is 1. The van der Waals surface area contributed by atoms with Gasteiger partial charge in [0.05, 0.1) is 11.4 Å². The van der Waals surface area contributed by atoms with Gasteiger partial charge in [-0.3, -0.25) is 9.78 Å². The van der Waals surface area contributed by atoms with Gasteiger partial charge in [-0.15, -0.1) is 0 Å². The van der Waals surface area contributed by atoms with Crippen molar-refractivity contribution in [3.63, 3.8) is 0 Å². The third-order valence-corrected chi connectivity index (χ3v) is 3.14. The summed E-state index contributed by atoms with van der Waals surface area (Å²) in [5.74, 6) is 0.0967. The van der Waals surface area contributed by atoms with Gasteiger partial charge in [0, 0.05) is 23.4 Å². The molecule has 1 aromatic carbocycles. The fraction of sp³-hybridized carbons (Fsp3) is 0.0625. The quantitative estimate of drug-likeness (QED) is 0.781. The summed E-state index contributed by atoms with van der Waals surface area (Å²) in [6, 6.07) is 14.6. The molecule has 0 saturated carbocycles. The number of aromatic nitrogens is 3. The van der Waals surface area contributed by atoms with Gasteiger partial charge in [-0.2, -0.15) is 9.78 Å². The number of nitrogen functional groups attached to an aromatic ring is 1. The van der Waals surface area contributed by atoms with Gasteiger partial charge in [-0.1, -0.05) is 18.2 Å². The van der Waals surface area contributed by atoms with Gasteiger partial charge in [0.15, 0.2) is 0 Å². The molecule has 0 bridgehead atoms. The summed E-state index contributed by atoms with van der Waals surface area (Å²) in [4.78, 5) is 16.6. The Hall–Kier alpha value is -2.95. The van der Waals surface area contributed by atoms with E-state index in [1.807, 2.05) is 30.3 Å². The van der Waals surface area contributed by atoms with E-state index >= 15 is 0 Å². The lowest BCUT2D eigenvalue weighted by molar-refractivity contribution is 0.0947. The first-order valence-corrected chi connectivity index (χ1v) is 6.53. The van der Waals surface area contributed by atoms with Gasteiger partial charge >= 0.3 is 0 Å². The summed E-state index contributed by atoms with van der Waals surface area (Å²) in [6.45, 7) is 1.80. The molecule has 5 nitrogen and oxygen atoms in total. The van der Waals surface area contributed by atoms with Crippen LogP contribution in [0.3, 0.4) is 0 Å². The maximum atomic E-state index is 12.3. The third kappa shape index (κ3) is 2.53. The highest BCUT2D eigenvalue weighted by Gasteiger charge is 2.13. The normalized spacial score (nSPS) is 10.5. The number of carbonyl (C=O) groups is 1. The zero-order valence-electron chi connectivity index (χ0n) is 11.5. The molecule has 0 aliphatic carbocycles. The van der Waals surface area contributed by atoms with Crippen molar-refractivity contribution in [2.24, 2.45) is 0 Å². The zero-order valence-corrected chi connectivity index (χ0v) is 11.5. The van der Waals surface area contributed by atoms with Gasteiger partial charge in [0.1, 0.15) is 5.82 Å².